The number of halogens is 4. The number of amides is 3. The van der Waals surface area contributed by atoms with E-state index in [0.29, 0.717) is 19.3 Å². The van der Waals surface area contributed by atoms with Crippen molar-refractivity contribution in [2.24, 2.45) is 0 Å². The molecule has 7 nitrogen and oxygen atoms in total. The zero-order valence-electron chi connectivity index (χ0n) is 18.2. The van der Waals surface area contributed by atoms with Gasteiger partial charge in [-0.15, -0.1) is 0 Å². The molecule has 2 aliphatic heterocycles. The first kappa shape index (κ1) is 23.6. The van der Waals surface area contributed by atoms with Crippen LogP contribution in [0.15, 0.2) is 0 Å². The normalized spacial score (nSPS) is 28.1. The lowest BCUT2D eigenvalue weighted by Crippen LogP contribution is -2.66. The first-order valence-corrected chi connectivity index (χ1v) is 10.5. The molecule has 1 aliphatic carbocycles. The van der Waals surface area contributed by atoms with E-state index in [-0.39, 0.29) is 26.1 Å². The second-order valence-corrected chi connectivity index (χ2v) is 9.65. The number of nitrogens with zero attached hydrogens (tertiary/aromatic N) is 3. The maximum absolute atomic E-state index is 14.2. The molecule has 3 atom stereocenters. The van der Waals surface area contributed by atoms with Crippen LogP contribution in [0.5, 0.6) is 0 Å². The Morgan fingerprint density at radius 3 is 2.16 bits per heavy atom. The van der Waals surface area contributed by atoms with Crippen molar-refractivity contribution in [1.29, 1.82) is 0 Å². The van der Waals surface area contributed by atoms with Gasteiger partial charge in [0.15, 0.2) is 0 Å². The fourth-order valence-electron chi connectivity index (χ4n) is 4.40. The van der Waals surface area contributed by atoms with Gasteiger partial charge >= 0.3 is 18.2 Å². The van der Waals surface area contributed by atoms with E-state index in [9.17, 15) is 31.9 Å². The molecule has 1 saturated carbocycles. The van der Waals surface area contributed by atoms with Gasteiger partial charge in [-0.25, -0.2) is 9.18 Å². The highest BCUT2D eigenvalue weighted by atomic mass is 19.4. The molecule has 1 spiro atoms. The van der Waals surface area contributed by atoms with Crippen molar-refractivity contribution < 1.29 is 36.7 Å². The Morgan fingerprint density at radius 1 is 1.06 bits per heavy atom. The molecule has 3 rings (SSSR count). The van der Waals surface area contributed by atoms with Gasteiger partial charge < -0.3 is 14.5 Å². The third-order valence-electron chi connectivity index (χ3n) is 6.10. The van der Waals surface area contributed by atoms with E-state index in [2.05, 4.69) is 0 Å². The Labute approximate surface area is 178 Å². The van der Waals surface area contributed by atoms with Crippen LogP contribution in [0.2, 0.25) is 0 Å². The lowest BCUT2D eigenvalue weighted by molar-refractivity contribution is -0.193. The summed E-state index contributed by atoms with van der Waals surface area (Å²) < 4.78 is 58.7. The summed E-state index contributed by atoms with van der Waals surface area (Å²) in [6.45, 7) is 6.12. The molecule has 3 amide bonds. The van der Waals surface area contributed by atoms with Gasteiger partial charge in [-0.2, -0.15) is 13.2 Å². The van der Waals surface area contributed by atoms with Gasteiger partial charge in [-0.3, -0.25) is 14.5 Å². The van der Waals surface area contributed by atoms with Crippen molar-refractivity contribution in [3.63, 3.8) is 0 Å². The highest BCUT2D eigenvalue weighted by Crippen LogP contribution is 2.47. The van der Waals surface area contributed by atoms with Gasteiger partial charge in [0.2, 0.25) is 5.91 Å². The fraction of sp³-hybridized carbons (Fsp3) is 0.850. The van der Waals surface area contributed by atoms with Crippen LogP contribution in [0.25, 0.3) is 0 Å². The summed E-state index contributed by atoms with van der Waals surface area (Å²) in [5.41, 5.74) is -1.87. The number of carbonyl (C=O) groups is 3. The van der Waals surface area contributed by atoms with Gasteiger partial charge in [-0.05, 0) is 40.0 Å². The Balaban J connectivity index is 1.81. The summed E-state index contributed by atoms with van der Waals surface area (Å²) in [6, 6.07) is -1.73. The number of hydrogen-bond donors (Lipinski definition) is 0. The molecule has 3 fully saturated rings. The van der Waals surface area contributed by atoms with Crippen LogP contribution in [0.3, 0.4) is 0 Å². The third-order valence-corrected chi connectivity index (χ3v) is 6.10. The maximum Gasteiger partial charge on any atom is 0.471 e. The van der Waals surface area contributed by atoms with Crippen LogP contribution >= 0.6 is 0 Å². The Kier molecular flexibility index (Phi) is 5.94. The average molecular weight is 451 g/mol. The summed E-state index contributed by atoms with van der Waals surface area (Å²) in [4.78, 5) is 41.2. The molecule has 11 heteroatoms. The minimum atomic E-state index is -4.99. The molecule has 2 saturated heterocycles. The molecule has 0 N–H and O–H groups in total. The molecule has 0 aromatic carbocycles. The van der Waals surface area contributed by atoms with E-state index >= 15 is 0 Å². The standard InChI is InChI=1S/C20H29F4N3O4/c1-5-13-10-27(16(29)20(22,23)24)19(6-7-19)11-26(13)15(28)14-8-12(21)9-25(14)17(30)31-18(2,3)4/h12-14H,5-11H2,1-4H3/t12-,13-,14+/m1/s1. The topological polar surface area (TPSA) is 70.2 Å². The molecular weight excluding hydrogens is 422 g/mol. The summed E-state index contributed by atoms with van der Waals surface area (Å²) in [5, 5.41) is 0. The first-order chi connectivity index (χ1) is 14.2. The lowest BCUT2D eigenvalue weighted by atomic mass is 10.00. The molecule has 3 aliphatic rings. The zero-order valence-corrected chi connectivity index (χ0v) is 18.2. The van der Waals surface area contributed by atoms with Crippen molar-refractivity contribution >= 4 is 17.9 Å². The summed E-state index contributed by atoms with van der Waals surface area (Å²) >= 11 is 0. The molecule has 31 heavy (non-hydrogen) atoms. The smallest absolute Gasteiger partial charge is 0.444 e. The molecule has 176 valence electrons. The average Bonchev–Trinajstić information content (AvgIpc) is 3.29. The largest absolute Gasteiger partial charge is 0.471 e. The Hall–Kier alpha value is -2.07. The van der Waals surface area contributed by atoms with E-state index in [4.69, 9.17) is 4.74 Å². The summed E-state index contributed by atoms with van der Waals surface area (Å²) in [7, 11) is 0. The Morgan fingerprint density at radius 2 is 1.68 bits per heavy atom. The van der Waals surface area contributed by atoms with Crippen LogP contribution in [-0.4, -0.2) is 87.8 Å². The number of rotatable bonds is 2. The van der Waals surface area contributed by atoms with Gasteiger partial charge in [0.25, 0.3) is 0 Å². The number of carbonyl (C=O) groups excluding carboxylic acids is 3. The highest BCUT2D eigenvalue weighted by Gasteiger charge is 2.60. The monoisotopic (exact) mass is 451 g/mol. The van der Waals surface area contributed by atoms with Crippen molar-refractivity contribution in [2.45, 2.75) is 88.9 Å². The fourth-order valence-corrected chi connectivity index (χ4v) is 4.40. The van der Waals surface area contributed by atoms with E-state index < -0.39 is 53.5 Å². The van der Waals surface area contributed by atoms with Crippen molar-refractivity contribution in [3.8, 4) is 0 Å². The van der Waals surface area contributed by atoms with Crippen molar-refractivity contribution in [1.82, 2.24) is 14.7 Å². The minimum Gasteiger partial charge on any atom is -0.444 e. The molecule has 0 bridgehead atoms. The van der Waals surface area contributed by atoms with Crippen LogP contribution in [0.1, 0.15) is 53.4 Å². The molecule has 0 aromatic rings. The van der Waals surface area contributed by atoms with Gasteiger partial charge in [0, 0.05) is 25.6 Å². The van der Waals surface area contributed by atoms with E-state index in [0.717, 1.165) is 9.80 Å². The van der Waals surface area contributed by atoms with Gasteiger partial charge in [-0.1, -0.05) is 6.92 Å². The molecule has 0 radical (unpaired) electrons. The molecule has 0 aromatic heterocycles. The van der Waals surface area contributed by atoms with Crippen molar-refractivity contribution in [3.05, 3.63) is 0 Å². The number of piperazine rings is 1. The zero-order chi connectivity index (χ0) is 23.4. The summed E-state index contributed by atoms with van der Waals surface area (Å²) in [5.74, 6) is -2.40. The van der Waals surface area contributed by atoms with E-state index in [1.54, 1.807) is 27.7 Å². The number of ether oxygens (including phenoxy) is 1. The predicted molar refractivity (Wildman–Crippen MR) is 102 cm³/mol. The lowest BCUT2D eigenvalue weighted by Gasteiger charge is -2.48. The van der Waals surface area contributed by atoms with Crippen molar-refractivity contribution in [2.75, 3.05) is 19.6 Å². The first-order valence-electron chi connectivity index (χ1n) is 10.5. The van der Waals surface area contributed by atoms with Gasteiger partial charge in [0.05, 0.1) is 12.1 Å². The molecular formula is C20H29F4N3O4. The Bertz CT molecular complexity index is 748. The predicted octanol–water partition coefficient (Wildman–Crippen LogP) is 2.88. The SMILES string of the molecule is CC[C@@H]1CN(C(=O)C(F)(F)F)C2(CC2)CN1C(=O)[C@@H]1C[C@@H](F)CN1C(=O)OC(C)(C)C. The van der Waals surface area contributed by atoms with E-state index in [1.165, 1.54) is 4.90 Å². The van der Waals surface area contributed by atoms with Crippen LogP contribution in [-0.2, 0) is 14.3 Å². The quantitative estimate of drug-likeness (QED) is 0.606. The van der Waals surface area contributed by atoms with Crippen LogP contribution < -0.4 is 0 Å². The number of alkyl halides is 4. The highest BCUT2D eigenvalue weighted by molar-refractivity contribution is 5.88. The van der Waals surface area contributed by atoms with Gasteiger partial charge in [0.1, 0.15) is 17.8 Å². The summed E-state index contributed by atoms with van der Waals surface area (Å²) in [6.07, 6.45) is -6.33. The number of likely N-dealkylation sites (tertiary alicyclic amines) is 1. The second kappa shape index (κ2) is 7.81. The molecule has 0 unspecified atom stereocenters. The van der Waals surface area contributed by atoms with E-state index in [1.807, 2.05) is 0 Å². The number of hydrogen-bond acceptors (Lipinski definition) is 4. The molecule has 2 heterocycles. The second-order valence-electron chi connectivity index (χ2n) is 9.65. The maximum atomic E-state index is 14.2. The third kappa shape index (κ3) is 4.74. The van der Waals surface area contributed by atoms with Crippen LogP contribution in [0.4, 0.5) is 22.4 Å². The van der Waals surface area contributed by atoms with Crippen LogP contribution in [0, 0.1) is 0 Å². The minimum absolute atomic E-state index is 0.0538.